The highest BCUT2D eigenvalue weighted by Crippen LogP contribution is 2.18. The summed E-state index contributed by atoms with van der Waals surface area (Å²) in [5.74, 6) is -0.0458. The summed E-state index contributed by atoms with van der Waals surface area (Å²) in [6.45, 7) is 2.17. The van der Waals surface area contributed by atoms with Crippen molar-refractivity contribution in [1.82, 2.24) is 5.32 Å². The van der Waals surface area contributed by atoms with E-state index in [1.165, 1.54) is 5.56 Å². The molecule has 0 unspecified atom stereocenters. The van der Waals surface area contributed by atoms with E-state index in [1.807, 2.05) is 24.3 Å². The van der Waals surface area contributed by atoms with E-state index in [-0.39, 0.29) is 36.7 Å². The molecular weight excluding hydrogens is 302 g/mol. The van der Waals surface area contributed by atoms with Gasteiger partial charge in [-0.25, -0.2) is 0 Å². The van der Waals surface area contributed by atoms with Gasteiger partial charge in [0.25, 0.3) is 0 Å². The summed E-state index contributed by atoms with van der Waals surface area (Å²) < 4.78 is 0. The van der Waals surface area contributed by atoms with Gasteiger partial charge < -0.3 is 10.4 Å². The number of Topliss-reactive ketones (excluding diaryl/α,β-unsaturated/α-hetero) is 1. The van der Waals surface area contributed by atoms with E-state index >= 15 is 0 Å². The number of amides is 1. The molecule has 0 aliphatic heterocycles. The van der Waals surface area contributed by atoms with E-state index in [1.54, 1.807) is 0 Å². The molecule has 0 spiro atoms. The minimum atomic E-state index is -0.222. The van der Waals surface area contributed by atoms with Crippen molar-refractivity contribution >= 4 is 11.7 Å². The second kappa shape index (κ2) is 9.58. The summed E-state index contributed by atoms with van der Waals surface area (Å²) in [6, 6.07) is 7.91. The third-order valence-corrected chi connectivity index (χ3v) is 4.74. The molecule has 0 saturated heterocycles. The molecule has 0 atom stereocenters. The van der Waals surface area contributed by atoms with Gasteiger partial charge in [-0.05, 0) is 44.1 Å². The van der Waals surface area contributed by atoms with Crippen LogP contribution in [0.2, 0.25) is 0 Å². The number of carbonyl (C=O) groups excluding carboxylic acids is 2. The highest BCUT2D eigenvalue weighted by molar-refractivity contribution is 5.98. The fraction of sp³-hybridized carbons (Fsp3) is 0.600. The van der Waals surface area contributed by atoms with Crippen LogP contribution < -0.4 is 5.32 Å². The Kier molecular flexibility index (Phi) is 7.44. The van der Waals surface area contributed by atoms with E-state index in [9.17, 15) is 14.7 Å². The molecule has 2 N–H and O–H groups in total. The summed E-state index contributed by atoms with van der Waals surface area (Å²) in [4.78, 5) is 24.2. The highest BCUT2D eigenvalue weighted by Gasteiger charge is 2.21. The van der Waals surface area contributed by atoms with Gasteiger partial charge in [0.15, 0.2) is 5.78 Å². The van der Waals surface area contributed by atoms with E-state index in [4.69, 9.17) is 0 Å². The van der Waals surface area contributed by atoms with Crippen LogP contribution in [0.1, 0.15) is 74.2 Å². The molecule has 24 heavy (non-hydrogen) atoms. The fourth-order valence-corrected chi connectivity index (χ4v) is 3.13. The number of benzene rings is 1. The van der Waals surface area contributed by atoms with Crippen LogP contribution in [0.3, 0.4) is 0 Å². The third kappa shape index (κ3) is 6.08. The van der Waals surface area contributed by atoms with Crippen LogP contribution >= 0.6 is 0 Å². The van der Waals surface area contributed by atoms with Gasteiger partial charge in [-0.1, -0.05) is 37.6 Å². The second-order valence-corrected chi connectivity index (χ2v) is 6.80. The quantitative estimate of drug-likeness (QED) is 0.717. The number of aliphatic hydroxyl groups is 1. The van der Waals surface area contributed by atoms with E-state index < -0.39 is 0 Å². The molecule has 1 aliphatic rings. The lowest BCUT2D eigenvalue weighted by Crippen LogP contribution is -2.38. The monoisotopic (exact) mass is 331 g/mol. The van der Waals surface area contributed by atoms with E-state index in [0.29, 0.717) is 5.56 Å². The maximum Gasteiger partial charge on any atom is 0.220 e. The first-order chi connectivity index (χ1) is 11.6. The number of aliphatic hydroxyl groups excluding tert-OH is 1. The van der Waals surface area contributed by atoms with Gasteiger partial charge in [0.2, 0.25) is 5.91 Å². The van der Waals surface area contributed by atoms with E-state index in [0.717, 1.165) is 44.9 Å². The standard InChI is InChI=1S/C20H29NO3/c1-2-3-4-15-5-7-16(8-6-15)19(23)13-14-20(24)21-17-9-11-18(22)12-10-17/h5-8,17-18,22H,2-4,9-14H2,1H3,(H,21,24). The van der Waals surface area contributed by atoms with Crippen LogP contribution in [-0.2, 0) is 11.2 Å². The maximum absolute atomic E-state index is 12.2. The van der Waals surface area contributed by atoms with Gasteiger partial charge in [0.1, 0.15) is 0 Å². The van der Waals surface area contributed by atoms with Crippen molar-refractivity contribution in [3.63, 3.8) is 0 Å². The van der Waals surface area contributed by atoms with Crippen LogP contribution in [0.25, 0.3) is 0 Å². The number of hydrogen-bond acceptors (Lipinski definition) is 3. The molecule has 2 rings (SSSR count). The average Bonchev–Trinajstić information content (AvgIpc) is 2.60. The molecule has 4 nitrogen and oxygen atoms in total. The first-order valence-electron chi connectivity index (χ1n) is 9.18. The minimum Gasteiger partial charge on any atom is -0.393 e. The summed E-state index contributed by atoms with van der Waals surface area (Å²) in [5.41, 5.74) is 1.94. The van der Waals surface area contributed by atoms with Gasteiger partial charge >= 0.3 is 0 Å². The van der Waals surface area contributed by atoms with Crippen molar-refractivity contribution in [3.8, 4) is 0 Å². The predicted molar refractivity (Wildman–Crippen MR) is 95.0 cm³/mol. The zero-order valence-electron chi connectivity index (χ0n) is 14.6. The smallest absolute Gasteiger partial charge is 0.220 e. The van der Waals surface area contributed by atoms with Crippen LogP contribution in [0, 0.1) is 0 Å². The number of nitrogens with one attached hydrogen (secondary N) is 1. The largest absolute Gasteiger partial charge is 0.393 e. The topological polar surface area (TPSA) is 66.4 Å². The Morgan fingerprint density at radius 1 is 1.08 bits per heavy atom. The number of aryl methyl sites for hydroxylation is 1. The van der Waals surface area contributed by atoms with Crippen LogP contribution in [0.5, 0.6) is 0 Å². The summed E-state index contributed by atoms with van der Waals surface area (Å²) in [5, 5.41) is 12.4. The predicted octanol–water partition coefficient (Wildman–Crippen LogP) is 3.41. The molecule has 1 aromatic carbocycles. The fourth-order valence-electron chi connectivity index (χ4n) is 3.13. The summed E-state index contributed by atoms with van der Waals surface area (Å²) >= 11 is 0. The molecule has 0 heterocycles. The zero-order valence-corrected chi connectivity index (χ0v) is 14.6. The Hall–Kier alpha value is -1.68. The Labute approximate surface area is 144 Å². The van der Waals surface area contributed by atoms with Crippen molar-refractivity contribution in [2.24, 2.45) is 0 Å². The Morgan fingerprint density at radius 3 is 2.38 bits per heavy atom. The molecule has 0 bridgehead atoms. The molecule has 1 fully saturated rings. The molecule has 4 heteroatoms. The maximum atomic E-state index is 12.2. The number of unbranched alkanes of at least 4 members (excludes halogenated alkanes) is 1. The van der Waals surface area contributed by atoms with Crippen molar-refractivity contribution in [3.05, 3.63) is 35.4 Å². The second-order valence-electron chi connectivity index (χ2n) is 6.80. The third-order valence-electron chi connectivity index (χ3n) is 4.74. The van der Waals surface area contributed by atoms with Gasteiger partial charge in [0.05, 0.1) is 6.10 Å². The van der Waals surface area contributed by atoms with Crippen molar-refractivity contribution in [2.75, 3.05) is 0 Å². The van der Waals surface area contributed by atoms with Crippen LogP contribution in [0.4, 0.5) is 0 Å². The Balaban J connectivity index is 1.72. The molecule has 132 valence electrons. The Bertz CT molecular complexity index is 530. The molecule has 1 amide bonds. The van der Waals surface area contributed by atoms with Gasteiger partial charge in [-0.15, -0.1) is 0 Å². The number of rotatable bonds is 8. The van der Waals surface area contributed by atoms with Gasteiger partial charge in [0, 0.05) is 24.4 Å². The number of hydrogen-bond donors (Lipinski definition) is 2. The minimum absolute atomic E-state index is 0.0197. The first-order valence-corrected chi connectivity index (χ1v) is 9.18. The molecule has 0 aromatic heterocycles. The normalized spacial score (nSPS) is 20.6. The number of carbonyl (C=O) groups is 2. The lowest BCUT2D eigenvalue weighted by Gasteiger charge is -2.26. The lowest BCUT2D eigenvalue weighted by molar-refractivity contribution is -0.122. The molecular formula is C20H29NO3. The van der Waals surface area contributed by atoms with Gasteiger partial charge in [-0.3, -0.25) is 9.59 Å². The Morgan fingerprint density at radius 2 is 1.75 bits per heavy atom. The molecule has 1 aliphatic carbocycles. The summed E-state index contributed by atoms with van der Waals surface area (Å²) in [6.07, 6.45) is 6.75. The highest BCUT2D eigenvalue weighted by atomic mass is 16.3. The van der Waals surface area contributed by atoms with Crippen LogP contribution in [0.15, 0.2) is 24.3 Å². The van der Waals surface area contributed by atoms with Crippen molar-refractivity contribution in [1.29, 1.82) is 0 Å². The summed E-state index contributed by atoms with van der Waals surface area (Å²) in [7, 11) is 0. The SMILES string of the molecule is CCCCc1ccc(C(=O)CCC(=O)NC2CCC(O)CC2)cc1. The zero-order chi connectivity index (χ0) is 17.4. The van der Waals surface area contributed by atoms with E-state index in [2.05, 4.69) is 12.2 Å². The van der Waals surface area contributed by atoms with Crippen molar-refractivity contribution < 1.29 is 14.7 Å². The van der Waals surface area contributed by atoms with Gasteiger partial charge in [-0.2, -0.15) is 0 Å². The molecule has 0 radical (unpaired) electrons. The first kappa shape index (κ1) is 18.7. The molecule has 1 aromatic rings. The van der Waals surface area contributed by atoms with Crippen LogP contribution in [-0.4, -0.2) is 28.9 Å². The lowest BCUT2D eigenvalue weighted by atomic mass is 9.93. The average molecular weight is 331 g/mol. The van der Waals surface area contributed by atoms with Crippen molar-refractivity contribution in [2.45, 2.75) is 76.9 Å². The number of ketones is 1. The molecule has 1 saturated carbocycles.